The van der Waals surface area contributed by atoms with Gasteiger partial charge in [0.2, 0.25) is 0 Å². The van der Waals surface area contributed by atoms with Crippen LogP contribution in [0.15, 0.2) is 41.8 Å². The quantitative estimate of drug-likeness (QED) is 0.523. The highest BCUT2D eigenvalue weighted by molar-refractivity contribution is 7.80. The van der Waals surface area contributed by atoms with Crippen molar-refractivity contribution in [1.29, 1.82) is 0 Å². The maximum absolute atomic E-state index is 13.5. The van der Waals surface area contributed by atoms with Crippen molar-refractivity contribution in [3.8, 4) is 0 Å². The number of rotatable bonds is 2. The number of hydrogen-bond acceptors (Lipinski definition) is 2. The van der Waals surface area contributed by atoms with Crippen molar-refractivity contribution in [2.75, 3.05) is 0 Å². The van der Waals surface area contributed by atoms with Gasteiger partial charge in [-0.15, -0.1) is 24.0 Å². The van der Waals surface area contributed by atoms with Crippen LogP contribution in [0.3, 0.4) is 0 Å². The molecule has 0 fully saturated rings. The number of thiol groups is 1. The Morgan fingerprint density at radius 1 is 1.09 bits per heavy atom. The zero-order chi connectivity index (χ0) is 16.0. The lowest BCUT2D eigenvalue weighted by atomic mass is 9.94. The topological polar surface area (TPSA) is 0 Å². The van der Waals surface area contributed by atoms with Crippen LogP contribution in [0.5, 0.6) is 0 Å². The van der Waals surface area contributed by atoms with Gasteiger partial charge in [0, 0.05) is 14.5 Å². The Kier molecular flexibility index (Phi) is 3.87. The van der Waals surface area contributed by atoms with Crippen LogP contribution in [-0.2, 0) is 0 Å². The van der Waals surface area contributed by atoms with Gasteiger partial charge in [0.05, 0.1) is 0 Å². The summed E-state index contributed by atoms with van der Waals surface area (Å²) in [5, 5.41) is 1.23. The summed E-state index contributed by atoms with van der Waals surface area (Å²) in [6.45, 7) is 10.3. The highest BCUT2D eigenvalue weighted by atomic mass is 32.1. The summed E-state index contributed by atoms with van der Waals surface area (Å²) in [7, 11) is 0. The molecule has 3 rings (SSSR count). The van der Waals surface area contributed by atoms with Crippen LogP contribution in [0.1, 0.15) is 27.1 Å². The Morgan fingerprint density at radius 2 is 1.73 bits per heavy atom. The van der Waals surface area contributed by atoms with Gasteiger partial charge in [-0.2, -0.15) is 0 Å². The van der Waals surface area contributed by atoms with Gasteiger partial charge in [-0.1, -0.05) is 12.6 Å². The van der Waals surface area contributed by atoms with E-state index < -0.39 is 0 Å². The van der Waals surface area contributed by atoms with Crippen molar-refractivity contribution < 1.29 is 4.39 Å². The fourth-order valence-corrected chi connectivity index (χ4v) is 4.52. The summed E-state index contributed by atoms with van der Waals surface area (Å²) in [5.41, 5.74) is 5.08. The van der Waals surface area contributed by atoms with Crippen LogP contribution in [0.4, 0.5) is 4.39 Å². The molecule has 0 aliphatic heterocycles. The third kappa shape index (κ3) is 2.49. The minimum atomic E-state index is -0.195. The molecule has 0 nitrogen and oxygen atoms in total. The molecule has 0 aliphatic rings. The molecule has 0 saturated carbocycles. The minimum absolute atomic E-state index is 0.195. The molecule has 1 aromatic heterocycles. The molecule has 0 saturated heterocycles. The molecule has 2 aromatic carbocycles. The lowest BCUT2D eigenvalue weighted by Crippen LogP contribution is -1.95. The van der Waals surface area contributed by atoms with Crippen molar-refractivity contribution in [2.24, 2.45) is 0 Å². The first-order valence-corrected chi connectivity index (χ1v) is 8.33. The van der Waals surface area contributed by atoms with Crippen molar-refractivity contribution in [2.45, 2.75) is 25.7 Å². The van der Waals surface area contributed by atoms with Crippen molar-refractivity contribution in [1.82, 2.24) is 0 Å². The van der Waals surface area contributed by atoms with Crippen LogP contribution < -0.4 is 0 Å². The van der Waals surface area contributed by atoms with Crippen LogP contribution in [0.25, 0.3) is 15.7 Å². The first-order valence-electron chi connectivity index (χ1n) is 7.07. The number of halogens is 1. The predicted molar refractivity (Wildman–Crippen MR) is 97.8 cm³/mol. The summed E-state index contributed by atoms with van der Waals surface area (Å²) in [6, 6.07) is 9.33. The van der Waals surface area contributed by atoms with Gasteiger partial charge in [0.25, 0.3) is 0 Å². The molecular weight excluding hydrogens is 311 g/mol. The van der Waals surface area contributed by atoms with E-state index in [1.165, 1.54) is 15.6 Å². The molecule has 0 spiro atoms. The SMILES string of the molecule is C=C(c1sc2cc(S)ccc2c1C)c1c(C)cc(F)cc1C. The third-order valence-electron chi connectivity index (χ3n) is 4.00. The maximum atomic E-state index is 13.5. The molecule has 22 heavy (non-hydrogen) atoms. The van der Waals surface area contributed by atoms with Crippen LogP contribution in [-0.4, -0.2) is 0 Å². The third-order valence-corrected chi connectivity index (χ3v) is 5.59. The highest BCUT2D eigenvalue weighted by Crippen LogP contribution is 2.39. The molecule has 0 bridgehead atoms. The average Bonchev–Trinajstić information content (AvgIpc) is 2.74. The van der Waals surface area contributed by atoms with E-state index in [-0.39, 0.29) is 5.82 Å². The number of hydrogen-bond donors (Lipinski definition) is 1. The fourth-order valence-electron chi connectivity index (χ4n) is 3.00. The Labute approximate surface area is 139 Å². The monoisotopic (exact) mass is 328 g/mol. The summed E-state index contributed by atoms with van der Waals surface area (Å²) < 4.78 is 14.7. The van der Waals surface area contributed by atoms with E-state index in [9.17, 15) is 4.39 Å². The van der Waals surface area contributed by atoms with Crippen molar-refractivity contribution >= 4 is 39.6 Å². The smallest absolute Gasteiger partial charge is 0.123 e. The van der Waals surface area contributed by atoms with Crippen LogP contribution >= 0.6 is 24.0 Å². The fraction of sp³-hybridized carbons (Fsp3) is 0.158. The number of benzene rings is 2. The number of fused-ring (bicyclic) bond motifs is 1. The summed E-state index contributed by atoms with van der Waals surface area (Å²) in [5.74, 6) is -0.195. The van der Waals surface area contributed by atoms with Crippen LogP contribution in [0.2, 0.25) is 0 Å². The molecule has 0 amide bonds. The van der Waals surface area contributed by atoms with E-state index in [1.807, 2.05) is 19.9 Å². The average molecular weight is 328 g/mol. The molecular formula is C19H17FS2. The second-order valence-electron chi connectivity index (χ2n) is 5.63. The van der Waals surface area contributed by atoms with Gasteiger partial charge in [-0.3, -0.25) is 0 Å². The summed E-state index contributed by atoms with van der Waals surface area (Å²) >= 11 is 6.13. The molecule has 3 aromatic rings. The molecule has 1 heterocycles. The lowest BCUT2D eigenvalue weighted by Gasteiger charge is -2.13. The van der Waals surface area contributed by atoms with Gasteiger partial charge in [0.15, 0.2) is 0 Å². The van der Waals surface area contributed by atoms with Gasteiger partial charge in [-0.05, 0) is 78.2 Å². The normalized spacial score (nSPS) is 11.1. The Bertz CT molecular complexity index is 880. The Hall–Kier alpha value is -1.58. The van der Waals surface area contributed by atoms with Gasteiger partial charge < -0.3 is 0 Å². The Morgan fingerprint density at radius 3 is 2.36 bits per heavy atom. The molecule has 0 atom stereocenters. The van der Waals surface area contributed by atoms with Crippen LogP contribution in [0, 0.1) is 26.6 Å². The van der Waals surface area contributed by atoms with Crippen molar-refractivity contribution in [3.63, 3.8) is 0 Å². The first-order chi connectivity index (χ1) is 10.4. The first kappa shape index (κ1) is 15.3. The standard InChI is InChI=1S/C19H17FS2/c1-10-7-14(20)8-11(2)18(10)13(4)19-12(3)16-6-5-15(21)9-17(16)22-19/h5-9,21H,4H2,1-3H3. The van der Waals surface area contributed by atoms with E-state index in [0.29, 0.717) is 0 Å². The second-order valence-corrected chi connectivity index (χ2v) is 7.20. The number of thiophene rings is 1. The molecule has 112 valence electrons. The van der Waals surface area contributed by atoms with Gasteiger partial charge in [0.1, 0.15) is 5.82 Å². The molecule has 0 unspecified atom stereocenters. The van der Waals surface area contributed by atoms with E-state index >= 15 is 0 Å². The highest BCUT2D eigenvalue weighted by Gasteiger charge is 2.16. The molecule has 0 radical (unpaired) electrons. The van der Waals surface area contributed by atoms with Crippen molar-refractivity contribution in [3.05, 3.63) is 69.9 Å². The van der Waals surface area contributed by atoms with E-state index in [0.717, 1.165) is 32.0 Å². The Balaban J connectivity index is 2.20. The van der Waals surface area contributed by atoms with Gasteiger partial charge >= 0.3 is 0 Å². The zero-order valence-corrected chi connectivity index (χ0v) is 14.5. The van der Waals surface area contributed by atoms with Gasteiger partial charge in [-0.25, -0.2) is 4.39 Å². The largest absolute Gasteiger partial charge is 0.207 e. The number of aryl methyl sites for hydroxylation is 3. The van der Waals surface area contributed by atoms with E-state index in [2.05, 4.69) is 38.3 Å². The molecule has 0 N–H and O–H groups in total. The lowest BCUT2D eigenvalue weighted by molar-refractivity contribution is 0.625. The second kappa shape index (κ2) is 5.56. The molecule has 3 heteroatoms. The van der Waals surface area contributed by atoms with E-state index in [1.54, 1.807) is 23.5 Å². The summed E-state index contributed by atoms with van der Waals surface area (Å²) in [6.07, 6.45) is 0. The van der Waals surface area contributed by atoms with E-state index in [4.69, 9.17) is 0 Å². The maximum Gasteiger partial charge on any atom is 0.123 e. The summed E-state index contributed by atoms with van der Waals surface area (Å²) in [4.78, 5) is 2.12. The predicted octanol–water partition coefficient (Wildman–Crippen LogP) is 6.32. The molecule has 0 aliphatic carbocycles. The zero-order valence-electron chi connectivity index (χ0n) is 12.8. The minimum Gasteiger partial charge on any atom is -0.207 e.